The van der Waals surface area contributed by atoms with E-state index in [0.717, 1.165) is 0 Å². The maximum absolute atomic E-state index is 6.20. The molecule has 0 spiro atoms. The van der Waals surface area contributed by atoms with Crippen LogP contribution in [0.25, 0.3) is 5.69 Å². The van der Waals surface area contributed by atoms with Crippen LogP contribution in [0.4, 0.5) is 11.9 Å². The summed E-state index contributed by atoms with van der Waals surface area (Å²) in [5.41, 5.74) is 11.8. The number of aromatic nitrogens is 3. The lowest BCUT2D eigenvalue weighted by Crippen LogP contribution is -2.36. The number of rotatable bonds is 5. The zero-order valence-corrected chi connectivity index (χ0v) is 12.7. The molecular formula is C12H14Cl2N5O2+. The number of benzene rings is 1. The summed E-state index contributed by atoms with van der Waals surface area (Å²) in [6.45, 7) is 0.835. The van der Waals surface area contributed by atoms with Crippen LogP contribution in [-0.2, 0) is 4.74 Å². The largest absolute Gasteiger partial charge is 0.491 e. The van der Waals surface area contributed by atoms with E-state index in [9.17, 15) is 0 Å². The maximum atomic E-state index is 6.20. The van der Waals surface area contributed by atoms with Crippen molar-refractivity contribution in [3.05, 3.63) is 28.5 Å². The summed E-state index contributed by atoms with van der Waals surface area (Å²) in [4.78, 5) is 7.75. The van der Waals surface area contributed by atoms with Crippen molar-refractivity contribution in [2.24, 2.45) is 0 Å². The van der Waals surface area contributed by atoms with E-state index in [1.807, 2.05) is 0 Å². The van der Waals surface area contributed by atoms with Gasteiger partial charge in [-0.15, -0.1) is 0 Å². The molecule has 1 aromatic carbocycles. The third-order valence-electron chi connectivity index (χ3n) is 2.58. The molecule has 21 heavy (non-hydrogen) atoms. The van der Waals surface area contributed by atoms with Gasteiger partial charge < -0.3 is 20.9 Å². The van der Waals surface area contributed by atoms with E-state index in [2.05, 4.69) is 9.97 Å². The Morgan fingerprint density at radius 1 is 1.24 bits per heavy atom. The molecular weight excluding hydrogens is 317 g/mol. The van der Waals surface area contributed by atoms with Crippen molar-refractivity contribution in [3.63, 3.8) is 0 Å². The van der Waals surface area contributed by atoms with E-state index >= 15 is 0 Å². The van der Waals surface area contributed by atoms with Crippen LogP contribution in [0.3, 0.4) is 0 Å². The van der Waals surface area contributed by atoms with Gasteiger partial charge >= 0.3 is 11.9 Å². The standard InChI is InChI=1S/C12H13Cl2N5O2/c1-20-2-3-21-7-4-8(13)10(14)9(5-7)19-6-17-11(15)18-12(19)16/h4-6H,2-3H2,1H3,(H3,15,16,18)/p+1. The Labute approximate surface area is 131 Å². The number of hydrogen-bond acceptors (Lipinski definition) is 6. The van der Waals surface area contributed by atoms with Gasteiger partial charge in [-0.1, -0.05) is 33.2 Å². The first-order chi connectivity index (χ1) is 10.0. The van der Waals surface area contributed by atoms with Gasteiger partial charge in [0.25, 0.3) is 0 Å². The highest BCUT2D eigenvalue weighted by atomic mass is 35.5. The highest BCUT2D eigenvalue weighted by Gasteiger charge is 2.17. The summed E-state index contributed by atoms with van der Waals surface area (Å²) in [7, 11) is 1.59. The molecule has 7 nitrogen and oxygen atoms in total. The first-order valence-corrected chi connectivity index (χ1v) is 6.69. The molecule has 0 saturated heterocycles. The number of nitrogen functional groups attached to an aromatic ring is 2. The molecule has 0 unspecified atom stereocenters. The highest BCUT2D eigenvalue weighted by Crippen LogP contribution is 2.31. The third-order valence-corrected chi connectivity index (χ3v) is 3.37. The van der Waals surface area contributed by atoms with Crippen molar-refractivity contribution < 1.29 is 14.0 Å². The first kappa shape index (κ1) is 15.6. The van der Waals surface area contributed by atoms with Crippen LogP contribution in [0.15, 0.2) is 18.5 Å². The summed E-state index contributed by atoms with van der Waals surface area (Å²) in [5.74, 6) is 0.730. The van der Waals surface area contributed by atoms with Crippen LogP contribution in [0, 0.1) is 0 Å². The van der Waals surface area contributed by atoms with Crippen LogP contribution in [0.2, 0.25) is 10.0 Å². The average Bonchev–Trinajstić information content (AvgIpc) is 2.43. The number of nitrogens with zero attached hydrogens (tertiary/aromatic N) is 3. The van der Waals surface area contributed by atoms with Gasteiger partial charge in [-0.25, -0.2) is 0 Å². The quantitative estimate of drug-likeness (QED) is 0.632. The fourth-order valence-corrected chi connectivity index (χ4v) is 2.02. The van der Waals surface area contributed by atoms with Crippen LogP contribution >= 0.6 is 23.2 Å². The van der Waals surface area contributed by atoms with Gasteiger partial charge in [-0.2, -0.15) is 4.57 Å². The summed E-state index contributed by atoms with van der Waals surface area (Å²) >= 11 is 12.3. The number of anilines is 2. The maximum Gasteiger partial charge on any atom is 0.354 e. The topological polar surface area (TPSA) is 100 Å². The van der Waals surface area contributed by atoms with Gasteiger partial charge in [-0.3, -0.25) is 0 Å². The Hall–Kier alpha value is -1.83. The highest BCUT2D eigenvalue weighted by molar-refractivity contribution is 6.43. The smallest absolute Gasteiger partial charge is 0.354 e. The van der Waals surface area contributed by atoms with E-state index in [1.165, 1.54) is 10.9 Å². The molecule has 0 radical (unpaired) electrons. The summed E-state index contributed by atoms with van der Waals surface area (Å²) < 4.78 is 11.9. The number of hydrogen-bond donors (Lipinski definition) is 2. The Morgan fingerprint density at radius 2 is 2.00 bits per heavy atom. The molecule has 0 bridgehead atoms. The summed E-state index contributed by atoms with van der Waals surface area (Å²) in [5, 5.41) is 0.631. The van der Waals surface area contributed by atoms with Crippen molar-refractivity contribution in [3.8, 4) is 11.4 Å². The minimum Gasteiger partial charge on any atom is -0.491 e. The lowest BCUT2D eigenvalue weighted by atomic mass is 10.3. The fraction of sp³-hybridized carbons (Fsp3) is 0.250. The van der Waals surface area contributed by atoms with Crippen molar-refractivity contribution >= 4 is 35.1 Å². The number of halogens is 2. The molecule has 4 N–H and O–H groups in total. The monoisotopic (exact) mass is 330 g/mol. The van der Waals surface area contributed by atoms with E-state index in [4.69, 9.17) is 44.1 Å². The van der Waals surface area contributed by atoms with Crippen LogP contribution in [-0.4, -0.2) is 30.3 Å². The molecule has 9 heteroatoms. The summed E-state index contributed by atoms with van der Waals surface area (Å²) in [6, 6.07) is 3.29. The zero-order chi connectivity index (χ0) is 15.4. The van der Waals surface area contributed by atoms with Crippen molar-refractivity contribution in [1.29, 1.82) is 0 Å². The van der Waals surface area contributed by atoms with E-state index in [1.54, 1.807) is 19.2 Å². The lowest BCUT2D eigenvalue weighted by Gasteiger charge is -2.11. The Balaban J connectivity index is 2.42. The Bertz CT molecular complexity index is 654. The van der Waals surface area contributed by atoms with E-state index in [0.29, 0.717) is 34.7 Å². The predicted molar refractivity (Wildman–Crippen MR) is 79.8 cm³/mol. The molecule has 0 aliphatic rings. The van der Waals surface area contributed by atoms with Gasteiger partial charge in [0.05, 0.1) is 16.7 Å². The van der Waals surface area contributed by atoms with Gasteiger partial charge in [0, 0.05) is 19.2 Å². The Kier molecular flexibility index (Phi) is 5.00. The molecule has 0 amide bonds. The number of nitrogens with two attached hydrogens (primary N) is 2. The second kappa shape index (κ2) is 6.75. The fourth-order valence-electron chi connectivity index (χ4n) is 1.61. The third kappa shape index (κ3) is 3.63. The molecule has 1 heterocycles. The predicted octanol–water partition coefficient (Wildman–Crippen LogP) is 1.25. The average molecular weight is 331 g/mol. The van der Waals surface area contributed by atoms with Crippen molar-refractivity contribution in [1.82, 2.24) is 9.97 Å². The van der Waals surface area contributed by atoms with Crippen LogP contribution in [0.1, 0.15) is 0 Å². The Morgan fingerprint density at radius 3 is 2.67 bits per heavy atom. The van der Waals surface area contributed by atoms with Crippen molar-refractivity contribution in [2.45, 2.75) is 0 Å². The molecule has 0 aliphatic heterocycles. The second-order valence-corrected chi connectivity index (χ2v) is 4.81. The van der Waals surface area contributed by atoms with Gasteiger partial charge in [0.15, 0.2) is 0 Å². The normalized spacial score (nSPS) is 10.6. The minimum absolute atomic E-state index is 0.0680. The van der Waals surface area contributed by atoms with Gasteiger partial charge in [-0.05, 0) is 0 Å². The summed E-state index contributed by atoms with van der Waals surface area (Å²) in [6.07, 6.45) is 1.41. The molecule has 0 fully saturated rings. The molecule has 0 aliphatic carbocycles. The molecule has 112 valence electrons. The molecule has 1 aromatic heterocycles. The van der Waals surface area contributed by atoms with E-state index < -0.39 is 0 Å². The lowest BCUT2D eigenvalue weighted by molar-refractivity contribution is -0.586. The molecule has 2 rings (SSSR count). The van der Waals surface area contributed by atoms with E-state index in [-0.39, 0.29) is 11.9 Å². The minimum atomic E-state index is 0.0680. The number of methoxy groups -OCH3 is 1. The van der Waals surface area contributed by atoms with Gasteiger partial charge in [0.2, 0.25) is 6.33 Å². The molecule has 0 saturated carbocycles. The van der Waals surface area contributed by atoms with Crippen LogP contribution in [0.5, 0.6) is 5.75 Å². The number of ether oxygens (including phenoxy) is 2. The first-order valence-electron chi connectivity index (χ1n) is 5.93. The SMILES string of the molecule is COCCOc1cc(Cl)c(Cl)c(-[n+]2cnc(N)nc2N)c1. The molecule has 2 aromatic rings. The second-order valence-electron chi connectivity index (χ2n) is 4.02. The zero-order valence-electron chi connectivity index (χ0n) is 11.2. The molecule has 0 atom stereocenters. The van der Waals surface area contributed by atoms with Crippen LogP contribution < -0.4 is 20.8 Å². The van der Waals surface area contributed by atoms with Crippen molar-refractivity contribution in [2.75, 3.05) is 31.8 Å². The van der Waals surface area contributed by atoms with Gasteiger partial charge in [0.1, 0.15) is 18.0 Å².